The molecule has 0 amide bonds. The third-order valence-electron chi connectivity index (χ3n) is 3.04. The lowest BCUT2D eigenvalue weighted by Crippen LogP contribution is -2.41. The fraction of sp³-hybridized carbons (Fsp3) is 0.462. The zero-order chi connectivity index (χ0) is 13.1. The second-order valence-corrected chi connectivity index (χ2v) is 4.03. The van der Waals surface area contributed by atoms with Gasteiger partial charge < -0.3 is 10.2 Å². The van der Waals surface area contributed by atoms with E-state index in [1.807, 2.05) is 6.92 Å². The number of aliphatic hydroxyl groups is 1. The predicted octanol–water partition coefficient (Wildman–Crippen LogP) is 2.27. The van der Waals surface area contributed by atoms with E-state index in [9.17, 15) is 14.3 Å². The zero-order valence-corrected chi connectivity index (χ0v) is 9.98. The maximum absolute atomic E-state index is 13.6. The molecule has 0 aliphatic carbocycles. The summed E-state index contributed by atoms with van der Waals surface area (Å²) in [4.78, 5) is 10.7. The Bertz CT molecular complexity index is 388. The molecule has 2 atom stereocenters. The van der Waals surface area contributed by atoms with Gasteiger partial charge in [-0.2, -0.15) is 0 Å². The lowest BCUT2D eigenvalue weighted by Gasteiger charge is -2.28. The van der Waals surface area contributed by atoms with E-state index in [-0.39, 0.29) is 6.42 Å². The molecule has 0 aliphatic heterocycles. The van der Waals surface area contributed by atoms with Crippen molar-refractivity contribution in [3.8, 4) is 0 Å². The monoisotopic (exact) mass is 240 g/mol. The lowest BCUT2D eigenvalue weighted by atomic mass is 9.86. The molecule has 2 N–H and O–H groups in total. The highest BCUT2D eigenvalue weighted by Gasteiger charge is 2.42. The highest BCUT2D eigenvalue weighted by Crippen LogP contribution is 2.31. The van der Waals surface area contributed by atoms with Gasteiger partial charge in [-0.25, -0.2) is 9.18 Å². The molecule has 2 unspecified atom stereocenters. The van der Waals surface area contributed by atoms with E-state index >= 15 is 0 Å². The molecule has 3 nitrogen and oxygen atoms in total. The van der Waals surface area contributed by atoms with E-state index in [2.05, 4.69) is 0 Å². The van der Waals surface area contributed by atoms with Crippen LogP contribution in [0, 0.1) is 0 Å². The summed E-state index contributed by atoms with van der Waals surface area (Å²) in [6.45, 7) is 3.54. The minimum Gasteiger partial charge on any atom is -0.479 e. The molecule has 0 bridgehead atoms. The minimum absolute atomic E-state index is 0.00589. The topological polar surface area (TPSA) is 57.5 Å². The maximum Gasteiger partial charge on any atom is 0.341 e. The van der Waals surface area contributed by atoms with Gasteiger partial charge in [-0.05, 0) is 24.0 Å². The molecule has 4 heteroatoms. The molecule has 0 spiro atoms. The van der Waals surface area contributed by atoms with Crippen LogP contribution in [0.5, 0.6) is 0 Å². The molecule has 0 fully saturated rings. The normalized spacial score (nSPS) is 16.2. The Morgan fingerprint density at radius 2 is 1.88 bits per heavy atom. The van der Waals surface area contributed by atoms with Crippen molar-refractivity contribution < 1.29 is 19.4 Å². The quantitative estimate of drug-likeness (QED) is 0.830. The second-order valence-electron chi connectivity index (χ2n) is 4.03. The molecule has 1 rings (SSSR count). The Hall–Kier alpha value is -1.42. The summed E-state index contributed by atoms with van der Waals surface area (Å²) < 4.78 is 13.6. The summed E-state index contributed by atoms with van der Waals surface area (Å²) in [5.41, 5.74) is -0.608. The number of halogens is 1. The third-order valence-corrected chi connectivity index (χ3v) is 3.04. The molecule has 17 heavy (non-hydrogen) atoms. The van der Waals surface area contributed by atoms with Crippen molar-refractivity contribution in [3.05, 3.63) is 35.4 Å². The van der Waals surface area contributed by atoms with Gasteiger partial charge in [-0.15, -0.1) is 0 Å². The number of hydrogen-bond donors (Lipinski definition) is 2. The van der Waals surface area contributed by atoms with E-state index in [0.717, 1.165) is 12.0 Å². The van der Waals surface area contributed by atoms with Crippen molar-refractivity contribution in [3.63, 3.8) is 0 Å². The fourth-order valence-corrected chi connectivity index (χ4v) is 1.76. The Labute approximate surface area is 99.9 Å². The van der Waals surface area contributed by atoms with Crippen molar-refractivity contribution in [1.29, 1.82) is 0 Å². The van der Waals surface area contributed by atoms with E-state index in [1.165, 1.54) is 0 Å². The minimum atomic E-state index is -2.32. The van der Waals surface area contributed by atoms with Gasteiger partial charge in [0.05, 0.1) is 0 Å². The molecule has 94 valence electrons. The summed E-state index contributed by atoms with van der Waals surface area (Å²) in [6, 6.07) is 6.70. The number of benzene rings is 1. The lowest BCUT2D eigenvalue weighted by molar-refractivity contribution is -0.155. The van der Waals surface area contributed by atoms with Crippen LogP contribution in [0.1, 0.15) is 31.4 Å². The molecule has 0 saturated heterocycles. The van der Waals surface area contributed by atoms with Crippen LogP contribution in [0.2, 0.25) is 0 Å². The zero-order valence-electron chi connectivity index (χ0n) is 9.98. The van der Waals surface area contributed by atoms with Crippen LogP contribution in [-0.2, 0) is 16.8 Å². The van der Waals surface area contributed by atoms with Gasteiger partial charge in [0.1, 0.15) is 5.60 Å². The number of rotatable bonds is 5. The first kappa shape index (κ1) is 13.6. The molecule has 0 saturated carbocycles. The van der Waals surface area contributed by atoms with Crippen LogP contribution >= 0.6 is 0 Å². The molecular formula is C13H17FO3. The largest absolute Gasteiger partial charge is 0.479 e. The summed E-state index contributed by atoms with van der Waals surface area (Å²) >= 11 is 0. The Morgan fingerprint density at radius 1 is 1.35 bits per heavy atom. The summed E-state index contributed by atoms with van der Waals surface area (Å²) in [5, 5.41) is 18.8. The van der Waals surface area contributed by atoms with Gasteiger partial charge in [0.2, 0.25) is 6.17 Å². The summed E-state index contributed by atoms with van der Waals surface area (Å²) in [6.07, 6.45) is -1.48. The number of carboxylic acids is 1. The van der Waals surface area contributed by atoms with Crippen LogP contribution in [-0.4, -0.2) is 22.4 Å². The fourth-order valence-electron chi connectivity index (χ4n) is 1.76. The number of carbonyl (C=O) groups is 1. The first-order valence-electron chi connectivity index (χ1n) is 5.64. The summed E-state index contributed by atoms with van der Waals surface area (Å²) in [7, 11) is 0. The van der Waals surface area contributed by atoms with Crippen LogP contribution in [0.3, 0.4) is 0 Å². The van der Waals surface area contributed by atoms with E-state index < -0.39 is 17.7 Å². The highest BCUT2D eigenvalue weighted by molar-refractivity contribution is 5.74. The Balaban J connectivity index is 3.11. The first-order chi connectivity index (χ1) is 7.95. The van der Waals surface area contributed by atoms with Gasteiger partial charge in [-0.1, -0.05) is 38.1 Å². The second kappa shape index (κ2) is 5.27. The SMILES string of the molecule is CCc1ccc(C(O)(CC)C(F)C(=O)O)cc1. The third kappa shape index (κ3) is 2.64. The Kier molecular flexibility index (Phi) is 4.23. The van der Waals surface area contributed by atoms with Crippen molar-refractivity contribution in [2.75, 3.05) is 0 Å². The number of aliphatic carboxylic acids is 1. The van der Waals surface area contributed by atoms with Crippen LogP contribution in [0.4, 0.5) is 4.39 Å². The number of alkyl halides is 1. The van der Waals surface area contributed by atoms with Gasteiger partial charge in [0, 0.05) is 0 Å². The van der Waals surface area contributed by atoms with Gasteiger partial charge in [-0.3, -0.25) is 0 Å². The Morgan fingerprint density at radius 3 is 2.24 bits per heavy atom. The van der Waals surface area contributed by atoms with Crippen LogP contribution < -0.4 is 0 Å². The van der Waals surface area contributed by atoms with E-state index in [4.69, 9.17) is 5.11 Å². The molecule has 0 aromatic heterocycles. The molecule has 1 aromatic rings. The van der Waals surface area contributed by atoms with Gasteiger partial charge in [0.25, 0.3) is 0 Å². The predicted molar refractivity (Wildman–Crippen MR) is 62.5 cm³/mol. The number of carboxylic acid groups (broad SMARTS) is 1. The molecule has 1 aromatic carbocycles. The van der Waals surface area contributed by atoms with Gasteiger partial charge >= 0.3 is 5.97 Å². The molecule has 0 aliphatic rings. The van der Waals surface area contributed by atoms with E-state index in [0.29, 0.717) is 5.56 Å². The number of hydrogen-bond acceptors (Lipinski definition) is 2. The van der Waals surface area contributed by atoms with Crippen molar-refractivity contribution in [1.82, 2.24) is 0 Å². The summed E-state index contributed by atoms with van der Waals surface area (Å²) in [5.74, 6) is -1.64. The molecule has 0 radical (unpaired) electrons. The average molecular weight is 240 g/mol. The maximum atomic E-state index is 13.6. The van der Waals surface area contributed by atoms with Crippen molar-refractivity contribution in [2.24, 2.45) is 0 Å². The molecule has 0 heterocycles. The van der Waals surface area contributed by atoms with Crippen LogP contribution in [0.25, 0.3) is 0 Å². The number of aryl methyl sites for hydroxylation is 1. The molecular weight excluding hydrogens is 223 g/mol. The van der Waals surface area contributed by atoms with Crippen molar-refractivity contribution in [2.45, 2.75) is 38.5 Å². The standard InChI is InChI=1S/C13H17FO3/c1-3-9-5-7-10(8-6-9)13(17,4-2)11(14)12(15)16/h5-8,11,17H,3-4H2,1-2H3,(H,15,16). The van der Waals surface area contributed by atoms with Gasteiger partial charge in [0.15, 0.2) is 0 Å². The smallest absolute Gasteiger partial charge is 0.341 e. The van der Waals surface area contributed by atoms with Crippen LogP contribution in [0.15, 0.2) is 24.3 Å². The highest BCUT2D eigenvalue weighted by atomic mass is 19.1. The first-order valence-corrected chi connectivity index (χ1v) is 5.64. The van der Waals surface area contributed by atoms with Crippen molar-refractivity contribution >= 4 is 5.97 Å². The average Bonchev–Trinajstić information content (AvgIpc) is 2.36. The van der Waals surface area contributed by atoms with E-state index in [1.54, 1.807) is 31.2 Å².